The van der Waals surface area contributed by atoms with Gasteiger partial charge in [0.05, 0.1) is 11.7 Å². The highest BCUT2D eigenvalue weighted by Gasteiger charge is 2.41. The van der Waals surface area contributed by atoms with Crippen LogP contribution in [0, 0.1) is 17.8 Å². The molecule has 2 rings (SSSR count). The summed E-state index contributed by atoms with van der Waals surface area (Å²) in [6.07, 6.45) is 11.2. The number of ether oxygens (including phenoxy) is 1. The van der Waals surface area contributed by atoms with E-state index in [0.29, 0.717) is 6.10 Å². The highest BCUT2D eigenvalue weighted by Crippen LogP contribution is 2.43. The summed E-state index contributed by atoms with van der Waals surface area (Å²) >= 11 is 0. The average molecular weight is 296 g/mol. The van der Waals surface area contributed by atoms with Crippen molar-refractivity contribution in [1.29, 1.82) is 0 Å². The third-order valence-corrected chi connectivity index (χ3v) is 5.57. The monoisotopic (exact) mass is 295 g/mol. The smallest absolute Gasteiger partial charge is 0.0687 e. The number of hydrogen-bond donors (Lipinski definition) is 1. The van der Waals surface area contributed by atoms with E-state index in [1.807, 2.05) is 0 Å². The van der Waals surface area contributed by atoms with Crippen LogP contribution >= 0.6 is 0 Å². The molecule has 124 valence electrons. The summed E-state index contributed by atoms with van der Waals surface area (Å²) < 4.78 is 6.57. The molecule has 0 bridgehead atoms. The zero-order chi connectivity index (χ0) is 15.3. The molecular weight excluding hydrogens is 258 g/mol. The second-order valence-corrected chi connectivity index (χ2v) is 8.31. The first kappa shape index (κ1) is 17.3. The third kappa shape index (κ3) is 5.25. The van der Waals surface area contributed by atoms with Crippen LogP contribution in [0.3, 0.4) is 0 Å². The minimum atomic E-state index is 0.288. The molecule has 1 N–H and O–H groups in total. The zero-order valence-electron chi connectivity index (χ0n) is 14.8. The van der Waals surface area contributed by atoms with E-state index >= 15 is 0 Å². The summed E-state index contributed by atoms with van der Waals surface area (Å²) in [6, 6.07) is 0. The standard InChI is InChI=1S/C19H37NO/c1-15(2)13-20-14-17(16(3)4)12-18-8-11-19(21-18)9-6-5-7-10-19/h15-18,20H,5-14H2,1-4H3. The zero-order valence-corrected chi connectivity index (χ0v) is 14.8. The fraction of sp³-hybridized carbons (Fsp3) is 1.00. The summed E-state index contributed by atoms with van der Waals surface area (Å²) in [5.41, 5.74) is 0.288. The molecular formula is C19H37NO. The Labute approximate surface area is 132 Å². The molecule has 2 nitrogen and oxygen atoms in total. The summed E-state index contributed by atoms with van der Waals surface area (Å²) in [6.45, 7) is 11.6. The third-order valence-electron chi connectivity index (χ3n) is 5.57. The predicted octanol–water partition coefficient (Wildman–Crippen LogP) is 4.78. The largest absolute Gasteiger partial charge is 0.372 e. The highest BCUT2D eigenvalue weighted by atomic mass is 16.5. The van der Waals surface area contributed by atoms with Gasteiger partial charge in [0.15, 0.2) is 0 Å². The molecule has 0 amide bonds. The first-order chi connectivity index (χ1) is 10.0. The lowest BCUT2D eigenvalue weighted by molar-refractivity contribution is -0.0713. The fourth-order valence-corrected chi connectivity index (χ4v) is 4.11. The van der Waals surface area contributed by atoms with Gasteiger partial charge in [-0.2, -0.15) is 0 Å². The van der Waals surface area contributed by atoms with Crippen molar-refractivity contribution in [2.24, 2.45) is 17.8 Å². The maximum Gasteiger partial charge on any atom is 0.0687 e. The Balaban J connectivity index is 1.78. The van der Waals surface area contributed by atoms with E-state index < -0.39 is 0 Å². The van der Waals surface area contributed by atoms with Gasteiger partial charge in [0, 0.05) is 0 Å². The summed E-state index contributed by atoms with van der Waals surface area (Å²) in [5, 5.41) is 3.66. The molecule has 2 atom stereocenters. The van der Waals surface area contributed by atoms with E-state index in [-0.39, 0.29) is 5.60 Å². The minimum absolute atomic E-state index is 0.288. The topological polar surface area (TPSA) is 21.3 Å². The molecule has 1 heterocycles. The second-order valence-electron chi connectivity index (χ2n) is 8.31. The van der Waals surface area contributed by atoms with E-state index in [0.717, 1.165) is 30.8 Å². The maximum absolute atomic E-state index is 6.57. The van der Waals surface area contributed by atoms with E-state index in [2.05, 4.69) is 33.0 Å². The van der Waals surface area contributed by atoms with Crippen molar-refractivity contribution in [3.8, 4) is 0 Å². The van der Waals surface area contributed by atoms with Crippen molar-refractivity contribution < 1.29 is 4.74 Å². The Morgan fingerprint density at radius 3 is 2.33 bits per heavy atom. The molecule has 0 aromatic carbocycles. The van der Waals surface area contributed by atoms with Gasteiger partial charge >= 0.3 is 0 Å². The van der Waals surface area contributed by atoms with E-state index in [1.54, 1.807) is 0 Å². The molecule has 21 heavy (non-hydrogen) atoms. The lowest BCUT2D eigenvalue weighted by atomic mass is 9.82. The van der Waals surface area contributed by atoms with Gasteiger partial charge in [-0.05, 0) is 62.9 Å². The lowest BCUT2D eigenvalue weighted by Gasteiger charge is -2.34. The summed E-state index contributed by atoms with van der Waals surface area (Å²) in [5.74, 6) is 2.25. The van der Waals surface area contributed by atoms with Gasteiger partial charge in [-0.25, -0.2) is 0 Å². The van der Waals surface area contributed by atoms with Gasteiger partial charge in [0.2, 0.25) is 0 Å². The van der Waals surface area contributed by atoms with E-state index in [1.165, 1.54) is 51.4 Å². The minimum Gasteiger partial charge on any atom is -0.372 e. The van der Waals surface area contributed by atoms with Crippen molar-refractivity contribution in [2.45, 2.75) is 90.8 Å². The molecule has 1 spiro atoms. The van der Waals surface area contributed by atoms with Gasteiger partial charge in [-0.1, -0.05) is 47.0 Å². The molecule has 0 aromatic heterocycles. The van der Waals surface area contributed by atoms with Crippen LogP contribution in [-0.2, 0) is 4.74 Å². The second kappa shape index (κ2) is 7.97. The molecule has 0 aromatic rings. The van der Waals surface area contributed by atoms with Crippen LogP contribution in [0.2, 0.25) is 0 Å². The number of hydrogen-bond acceptors (Lipinski definition) is 2. The SMILES string of the molecule is CC(C)CNCC(CC1CCC2(CCCCC2)O1)C(C)C. The molecule has 1 saturated heterocycles. The molecule has 2 fully saturated rings. The Morgan fingerprint density at radius 2 is 1.71 bits per heavy atom. The van der Waals surface area contributed by atoms with Crippen LogP contribution in [0.15, 0.2) is 0 Å². The van der Waals surface area contributed by atoms with Crippen LogP contribution in [0.1, 0.15) is 79.1 Å². The average Bonchev–Trinajstić information content (AvgIpc) is 2.80. The van der Waals surface area contributed by atoms with Crippen molar-refractivity contribution in [3.05, 3.63) is 0 Å². The quantitative estimate of drug-likeness (QED) is 0.730. The fourth-order valence-electron chi connectivity index (χ4n) is 4.11. The van der Waals surface area contributed by atoms with Gasteiger partial charge in [0.25, 0.3) is 0 Å². The van der Waals surface area contributed by atoms with Crippen molar-refractivity contribution >= 4 is 0 Å². The van der Waals surface area contributed by atoms with Gasteiger partial charge < -0.3 is 10.1 Å². The van der Waals surface area contributed by atoms with Crippen LogP contribution in [0.25, 0.3) is 0 Å². The first-order valence-corrected chi connectivity index (χ1v) is 9.39. The van der Waals surface area contributed by atoms with Crippen LogP contribution in [0.4, 0.5) is 0 Å². The molecule has 1 aliphatic heterocycles. The van der Waals surface area contributed by atoms with Gasteiger partial charge in [-0.15, -0.1) is 0 Å². The van der Waals surface area contributed by atoms with Gasteiger partial charge in [-0.3, -0.25) is 0 Å². The molecule has 1 aliphatic carbocycles. The summed E-state index contributed by atoms with van der Waals surface area (Å²) in [7, 11) is 0. The van der Waals surface area contributed by atoms with E-state index in [9.17, 15) is 0 Å². The number of nitrogens with one attached hydrogen (secondary N) is 1. The van der Waals surface area contributed by atoms with Gasteiger partial charge in [0.1, 0.15) is 0 Å². The molecule has 2 unspecified atom stereocenters. The highest BCUT2D eigenvalue weighted by molar-refractivity contribution is 4.92. The molecule has 2 aliphatic rings. The Bertz CT molecular complexity index is 294. The number of rotatable bonds is 7. The molecule has 0 radical (unpaired) electrons. The van der Waals surface area contributed by atoms with Crippen LogP contribution in [0.5, 0.6) is 0 Å². The Kier molecular flexibility index (Phi) is 6.55. The van der Waals surface area contributed by atoms with Crippen LogP contribution < -0.4 is 5.32 Å². The normalized spacial score (nSPS) is 26.9. The van der Waals surface area contributed by atoms with Crippen molar-refractivity contribution in [3.63, 3.8) is 0 Å². The molecule has 1 saturated carbocycles. The Hall–Kier alpha value is -0.0800. The lowest BCUT2D eigenvalue weighted by Crippen LogP contribution is -2.34. The van der Waals surface area contributed by atoms with E-state index in [4.69, 9.17) is 4.74 Å². The maximum atomic E-state index is 6.57. The Morgan fingerprint density at radius 1 is 1.00 bits per heavy atom. The first-order valence-electron chi connectivity index (χ1n) is 9.39. The van der Waals surface area contributed by atoms with Crippen molar-refractivity contribution in [2.75, 3.05) is 13.1 Å². The molecule has 2 heteroatoms. The predicted molar refractivity (Wildman–Crippen MR) is 90.6 cm³/mol. The van der Waals surface area contributed by atoms with Crippen LogP contribution in [-0.4, -0.2) is 24.8 Å². The van der Waals surface area contributed by atoms with Crippen molar-refractivity contribution in [1.82, 2.24) is 5.32 Å². The summed E-state index contributed by atoms with van der Waals surface area (Å²) in [4.78, 5) is 0.